The zero-order valence-corrected chi connectivity index (χ0v) is 20.2. The molecule has 0 spiro atoms. The van der Waals surface area contributed by atoms with Crippen molar-refractivity contribution in [2.24, 2.45) is 0 Å². The zero-order chi connectivity index (χ0) is 23.9. The van der Waals surface area contributed by atoms with Crippen molar-refractivity contribution in [1.29, 1.82) is 0 Å². The Balaban J connectivity index is 1.77. The molecule has 170 valence electrons. The van der Waals surface area contributed by atoms with Gasteiger partial charge in [0.2, 0.25) is 0 Å². The van der Waals surface area contributed by atoms with Crippen LogP contribution in [-0.2, 0) is 10.1 Å². The fraction of sp³-hybridized carbons (Fsp3) is 0.143. The number of para-hydroxylation sites is 1. The number of benzene rings is 2. The Kier molecular flexibility index (Phi) is 6.18. The number of aromatic nitrogens is 2. The molecule has 0 saturated heterocycles. The SMILES string of the molecule is CSc1nc(/C=C2\Sc3cc([N+](=O)[O-])c(S(=O)(=O)O)cc3N2C)cc(C)[n+]1-c1ccccc1. The van der Waals surface area contributed by atoms with Crippen molar-refractivity contribution < 1.29 is 22.5 Å². The van der Waals surface area contributed by atoms with Gasteiger partial charge in [-0.05, 0) is 48.1 Å². The van der Waals surface area contributed by atoms with Crippen LogP contribution in [0.3, 0.4) is 0 Å². The highest BCUT2D eigenvalue weighted by atomic mass is 32.2. The van der Waals surface area contributed by atoms with E-state index in [1.54, 1.807) is 11.9 Å². The van der Waals surface area contributed by atoms with E-state index in [2.05, 4.69) is 4.57 Å². The van der Waals surface area contributed by atoms with Crippen molar-refractivity contribution in [2.75, 3.05) is 18.2 Å². The standard InChI is InChI=1S/C21H18N4O5S3/c1-13-9-14(22-21(31-3)24(13)15-7-5-4-6-8-15)10-20-23(2)16-12-19(33(28,29)30)17(25(26)27)11-18(16)32-20/h4-12H,1-3H3/p+1. The number of nitro groups is 1. The zero-order valence-electron chi connectivity index (χ0n) is 17.8. The number of rotatable bonds is 5. The van der Waals surface area contributed by atoms with Gasteiger partial charge in [-0.15, -0.1) is 0 Å². The lowest BCUT2D eigenvalue weighted by molar-refractivity contribution is -0.647. The summed E-state index contributed by atoms with van der Waals surface area (Å²) >= 11 is 2.77. The van der Waals surface area contributed by atoms with Gasteiger partial charge in [-0.1, -0.05) is 30.0 Å². The summed E-state index contributed by atoms with van der Waals surface area (Å²) in [7, 11) is -3.04. The number of fused-ring (bicyclic) bond motifs is 1. The van der Waals surface area contributed by atoms with Crippen LogP contribution in [0.25, 0.3) is 11.8 Å². The second-order valence-corrected chi connectivity index (χ2v) is 10.4. The van der Waals surface area contributed by atoms with Gasteiger partial charge in [0, 0.05) is 30.2 Å². The summed E-state index contributed by atoms with van der Waals surface area (Å²) in [6.07, 6.45) is 3.78. The molecule has 2 heterocycles. The van der Waals surface area contributed by atoms with Crippen molar-refractivity contribution in [3.8, 4) is 5.69 Å². The van der Waals surface area contributed by atoms with E-state index in [4.69, 9.17) is 4.98 Å². The molecule has 4 rings (SSSR count). The van der Waals surface area contributed by atoms with Crippen molar-refractivity contribution >= 4 is 51.1 Å². The van der Waals surface area contributed by atoms with Gasteiger partial charge >= 0.3 is 15.3 Å². The first-order chi connectivity index (χ1) is 15.6. The molecule has 33 heavy (non-hydrogen) atoms. The second-order valence-electron chi connectivity index (χ2n) is 7.14. The van der Waals surface area contributed by atoms with E-state index in [0.717, 1.165) is 22.6 Å². The normalized spacial score (nSPS) is 14.5. The van der Waals surface area contributed by atoms with Crippen LogP contribution in [0.5, 0.6) is 0 Å². The predicted octanol–water partition coefficient (Wildman–Crippen LogP) is 4.08. The fourth-order valence-corrected chi connectivity index (χ4v) is 5.91. The molecule has 12 heteroatoms. The van der Waals surface area contributed by atoms with Crippen molar-refractivity contribution in [1.82, 2.24) is 4.98 Å². The first-order valence-electron chi connectivity index (χ1n) is 9.56. The largest absolute Gasteiger partial charge is 0.364 e. The highest BCUT2D eigenvalue weighted by Gasteiger charge is 2.32. The molecule has 2 aromatic carbocycles. The van der Waals surface area contributed by atoms with Gasteiger partial charge in [-0.3, -0.25) is 14.7 Å². The van der Waals surface area contributed by atoms with Crippen LogP contribution in [0, 0.1) is 17.0 Å². The maximum absolute atomic E-state index is 11.7. The average Bonchev–Trinajstić information content (AvgIpc) is 3.07. The van der Waals surface area contributed by atoms with Gasteiger partial charge in [0.15, 0.2) is 10.6 Å². The van der Waals surface area contributed by atoms with Gasteiger partial charge in [-0.25, -0.2) is 0 Å². The molecular weight excluding hydrogens is 484 g/mol. The molecule has 1 aliphatic rings. The molecule has 1 aliphatic heterocycles. The summed E-state index contributed by atoms with van der Waals surface area (Å²) < 4.78 is 34.9. The number of hydrogen-bond donors (Lipinski definition) is 1. The minimum atomic E-state index is -4.76. The van der Waals surface area contributed by atoms with Gasteiger partial charge < -0.3 is 4.90 Å². The summed E-state index contributed by atoms with van der Waals surface area (Å²) in [5.74, 6) is 0. The lowest BCUT2D eigenvalue weighted by atomic mass is 10.2. The minimum absolute atomic E-state index is 0.446. The van der Waals surface area contributed by atoms with E-state index in [1.807, 2.05) is 55.7 Å². The number of thioether (sulfide) groups is 2. The Morgan fingerprint density at radius 1 is 1.24 bits per heavy atom. The third-order valence-electron chi connectivity index (χ3n) is 5.02. The van der Waals surface area contributed by atoms with Gasteiger partial charge in [0.25, 0.3) is 5.69 Å². The van der Waals surface area contributed by atoms with Crippen molar-refractivity contribution in [3.63, 3.8) is 0 Å². The Morgan fingerprint density at radius 3 is 2.55 bits per heavy atom. The molecule has 0 radical (unpaired) electrons. The van der Waals surface area contributed by atoms with Gasteiger partial charge in [0.05, 0.1) is 15.6 Å². The lowest BCUT2D eigenvalue weighted by Gasteiger charge is -2.13. The molecule has 1 aromatic heterocycles. The van der Waals surface area contributed by atoms with Crippen LogP contribution < -0.4 is 9.47 Å². The number of nitro benzene ring substituents is 1. The van der Waals surface area contributed by atoms with Gasteiger partial charge in [-0.2, -0.15) is 13.0 Å². The number of hydrogen-bond acceptors (Lipinski definition) is 8. The molecule has 1 N–H and O–H groups in total. The van der Waals surface area contributed by atoms with Crippen LogP contribution in [0.2, 0.25) is 0 Å². The van der Waals surface area contributed by atoms with Crippen LogP contribution in [-0.4, -0.2) is 36.2 Å². The number of aryl methyl sites for hydroxylation is 1. The van der Waals surface area contributed by atoms with Gasteiger partial charge in [0.1, 0.15) is 11.4 Å². The van der Waals surface area contributed by atoms with Crippen LogP contribution in [0.1, 0.15) is 11.4 Å². The third kappa shape index (κ3) is 4.47. The fourth-order valence-electron chi connectivity index (χ4n) is 3.51. The maximum atomic E-state index is 11.7. The second kappa shape index (κ2) is 8.78. The molecule has 9 nitrogen and oxygen atoms in total. The summed E-state index contributed by atoms with van der Waals surface area (Å²) in [4.78, 5) is 16.8. The number of anilines is 1. The molecule has 0 aliphatic carbocycles. The molecular formula is C21H19N4O5S3+. The highest BCUT2D eigenvalue weighted by Crippen LogP contribution is 2.48. The first-order valence-corrected chi connectivity index (χ1v) is 13.0. The minimum Gasteiger partial charge on any atom is -0.338 e. The van der Waals surface area contributed by atoms with Crippen LogP contribution in [0.4, 0.5) is 11.4 Å². The summed E-state index contributed by atoms with van der Waals surface area (Å²) in [6.45, 7) is 1.98. The molecule has 3 aromatic rings. The average molecular weight is 504 g/mol. The first kappa shape index (κ1) is 23.2. The monoisotopic (exact) mass is 503 g/mol. The van der Waals surface area contributed by atoms with E-state index in [0.29, 0.717) is 21.3 Å². The molecule has 0 fully saturated rings. The Bertz CT molecular complexity index is 1410. The van der Waals surface area contributed by atoms with E-state index >= 15 is 0 Å². The molecule has 0 amide bonds. The van der Waals surface area contributed by atoms with E-state index < -0.39 is 25.6 Å². The summed E-state index contributed by atoms with van der Waals surface area (Å²) in [5.41, 5.74) is 2.44. The quantitative estimate of drug-likeness (QED) is 0.137. The Labute approximate surface area is 199 Å². The smallest absolute Gasteiger partial charge is 0.338 e. The third-order valence-corrected chi connectivity index (χ3v) is 7.68. The van der Waals surface area contributed by atoms with E-state index in [1.165, 1.54) is 29.6 Å². The molecule has 0 bridgehead atoms. The summed E-state index contributed by atoms with van der Waals surface area (Å²) in [6, 6.07) is 14.1. The van der Waals surface area contributed by atoms with Crippen LogP contribution in [0.15, 0.2) is 68.5 Å². The van der Waals surface area contributed by atoms with Crippen LogP contribution >= 0.6 is 23.5 Å². The Morgan fingerprint density at radius 2 is 1.94 bits per heavy atom. The predicted molar refractivity (Wildman–Crippen MR) is 127 cm³/mol. The van der Waals surface area contributed by atoms with E-state index in [-0.39, 0.29) is 0 Å². The molecule has 0 atom stereocenters. The molecule has 0 unspecified atom stereocenters. The maximum Gasteiger partial charge on any atom is 0.364 e. The Hall–Kier alpha value is -2.93. The van der Waals surface area contributed by atoms with Crippen molar-refractivity contribution in [2.45, 2.75) is 21.9 Å². The topological polar surface area (TPSA) is 118 Å². The molecule has 0 saturated carbocycles. The lowest BCUT2D eigenvalue weighted by Crippen LogP contribution is -2.38. The van der Waals surface area contributed by atoms with E-state index in [9.17, 15) is 23.1 Å². The summed E-state index contributed by atoms with van der Waals surface area (Å²) in [5, 5.41) is 12.9. The van der Waals surface area contributed by atoms with Crippen molar-refractivity contribution in [3.05, 3.63) is 75.1 Å². The highest BCUT2D eigenvalue weighted by molar-refractivity contribution is 8.04. The number of nitrogens with zero attached hydrogens (tertiary/aromatic N) is 4.